The van der Waals surface area contributed by atoms with E-state index in [1.807, 2.05) is 6.07 Å². The summed E-state index contributed by atoms with van der Waals surface area (Å²) in [5.74, 6) is 0.859. The predicted molar refractivity (Wildman–Crippen MR) is 123 cm³/mol. The molecule has 0 aliphatic rings. The molecule has 0 saturated heterocycles. The van der Waals surface area contributed by atoms with Crippen molar-refractivity contribution in [2.45, 2.75) is 12.8 Å². The van der Waals surface area contributed by atoms with E-state index in [9.17, 15) is 9.59 Å². The SMILES string of the molecule is CNC(=O)c1ccccc1Nc1ncnc(Nc2cc(CCC(N)=O)c(OC)c(OC)c2)n1. The normalized spacial score (nSPS) is 10.3. The maximum atomic E-state index is 12.1. The minimum Gasteiger partial charge on any atom is -0.493 e. The summed E-state index contributed by atoms with van der Waals surface area (Å²) in [6.45, 7) is 0. The molecule has 3 rings (SSSR count). The highest BCUT2D eigenvalue weighted by molar-refractivity contribution is 5.99. The molecule has 0 fully saturated rings. The number of carbonyl (C=O) groups is 2. The maximum absolute atomic E-state index is 12.1. The molecule has 2 amide bonds. The van der Waals surface area contributed by atoms with Crippen molar-refractivity contribution in [3.05, 3.63) is 53.9 Å². The van der Waals surface area contributed by atoms with Gasteiger partial charge in [0.25, 0.3) is 5.91 Å². The van der Waals surface area contributed by atoms with Crippen LogP contribution in [0.5, 0.6) is 11.5 Å². The number of carbonyl (C=O) groups excluding carboxylic acids is 2. The summed E-state index contributed by atoms with van der Waals surface area (Å²) in [5.41, 5.74) is 7.66. The number of para-hydroxylation sites is 1. The molecule has 1 aromatic heterocycles. The Bertz CT molecular complexity index is 1150. The van der Waals surface area contributed by atoms with E-state index < -0.39 is 5.91 Å². The lowest BCUT2D eigenvalue weighted by Crippen LogP contribution is -2.19. The van der Waals surface area contributed by atoms with Crippen LogP contribution in [0.2, 0.25) is 0 Å². The number of benzene rings is 2. The molecule has 0 aliphatic carbocycles. The fraction of sp³-hybridized carbons (Fsp3) is 0.227. The highest BCUT2D eigenvalue weighted by atomic mass is 16.5. The van der Waals surface area contributed by atoms with Gasteiger partial charge in [0.1, 0.15) is 6.33 Å². The molecule has 5 N–H and O–H groups in total. The predicted octanol–water partition coefficient (Wildman–Crippen LogP) is 2.15. The van der Waals surface area contributed by atoms with E-state index in [4.69, 9.17) is 15.2 Å². The van der Waals surface area contributed by atoms with E-state index in [1.165, 1.54) is 20.5 Å². The van der Waals surface area contributed by atoms with Gasteiger partial charge in [-0.3, -0.25) is 9.59 Å². The minimum absolute atomic E-state index is 0.160. The van der Waals surface area contributed by atoms with Crippen LogP contribution in [-0.2, 0) is 11.2 Å². The number of aryl methyl sites for hydroxylation is 1. The van der Waals surface area contributed by atoms with E-state index in [0.29, 0.717) is 34.9 Å². The lowest BCUT2D eigenvalue weighted by Gasteiger charge is -2.15. The Morgan fingerprint density at radius 2 is 1.76 bits per heavy atom. The van der Waals surface area contributed by atoms with E-state index in [2.05, 4.69) is 30.9 Å². The number of nitrogens with zero attached hydrogens (tertiary/aromatic N) is 3. The van der Waals surface area contributed by atoms with Gasteiger partial charge >= 0.3 is 0 Å². The van der Waals surface area contributed by atoms with Crippen molar-refractivity contribution in [1.29, 1.82) is 0 Å². The molecule has 1 heterocycles. The van der Waals surface area contributed by atoms with Crippen LogP contribution in [0, 0.1) is 0 Å². The van der Waals surface area contributed by atoms with Crippen molar-refractivity contribution < 1.29 is 19.1 Å². The lowest BCUT2D eigenvalue weighted by molar-refractivity contribution is -0.118. The summed E-state index contributed by atoms with van der Waals surface area (Å²) in [5, 5.41) is 8.74. The van der Waals surface area contributed by atoms with Gasteiger partial charge in [0.15, 0.2) is 11.5 Å². The highest BCUT2D eigenvalue weighted by Gasteiger charge is 2.15. The molecule has 0 atom stereocenters. The van der Waals surface area contributed by atoms with Gasteiger partial charge in [0.2, 0.25) is 17.8 Å². The number of anilines is 4. The van der Waals surface area contributed by atoms with Gasteiger partial charge in [-0.1, -0.05) is 12.1 Å². The molecule has 11 heteroatoms. The molecule has 11 nitrogen and oxygen atoms in total. The number of aromatic nitrogens is 3. The third-order valence-electron chi connectivity index (χ3n) is 4.67. The molecule has 0 spiro atoms. The summed E-state index contributed by atoms with van der Waals surface area (Å²) < 4.78 is 10.9. The molecule has 33 heavy (non-hydrogen) atoms. The Labute approximate surface area is 190 Å². The second kappa shape index (κ2) is 10.8. The Kier molecular flexibility index (Phi) is 7.58. The van der Waals surface area contributed by atoms with Crippen LogP contribution < -0.4 is 31.2 Å². The fourth-order valence-corrected chi connectivity index (χ4v) is 3.15. The smallest absolute Gasteiger partial charge is 0.253 e. The first-order valence-corrected chi connectivity index (χ1v) is 10.0. The summed E-state index contributed by atoms with van der Waals surface area (Å²) in [7, 11) is 4.61. The van der Waals surface area contributed by atoms with Gasteiger partial charge in [-0.2, -0.15) is 4.98 Å². The van der Waals surface area contributed by atoms with Gasteiger partial charge in [-0.15, -0.1) is 0 Å². The molecule has 0 bridgehead atoms. The molecule has 3 aromatic rings. The van der Waals surface area contributed by atoms with E-state index >= 15 is 0 Å². The molecule has 0 radical (unpaired) electrons. The second-order valence-electron chi connectivity index (χ2n) is 6.84. The summed E-state index contributed by atoms with van der Waals surface area (Å²) in [4.78, 5) is 36.0. The highest BCUT2D eigenvalue weighted by Crippen LogP contribution is 2.36. The number of ether oxygens (including phenoxy) is 2. The summed E-state index contributed by atoms with van der Waals surface area (Å²) in [6, 6.07) is 10.5. The summed E-state index contributed by atoms with van der Waals surface area (Å²) >= 11 is 0. The molecule has 0 unspecified atom stereocenters. The maximum Gasteiger partial charge on any atom is 0.253 e. The second-order valence-corrected chi connectivity index (χ2v) is 6.84. The van der Waals surface area contributed by atoms with Crippen LogP contribution in [0.15, 0.2) is 42.7 Å². The third-order valence-corrected chi connectivity index (χ3v) is 4.67. The average molecular weight is 451 g/mol. The van der Waals surface area contributed by atoms with Crippen molar-refractivity contribution in [2.75, 3.05) is 31.9 Å². The first-order valence-electron chi connectivity index (χ1n) is 10.0. The zero-order valence-electron chi connectivity index (χ0n) is 18.5. The van der Waals surface area contributed by atoms with Crippen LogP contribution in [0.4, 0.5) is 23.3 Å². The number of nitrogens with two attached hydrogens (primary N) is 1. The Morgan fingerprint density at radius 1 is 1.03 bits per heavy atom. The van der Waals surface area contributed by atoms with Crippen LogP contribution in [-0.4, -0.2) is 48.0 Å². The Morgan fingerprint density at radius 3 is 2.42 bits per heavy atom. The molecule has 0 saturated carbocycles. The molecule has 172 valence electrons. The number of hydrogen-bond donors (Lipinski definition) is 4. The van der Waals surface area contributed by atoms with Crippen molar-refractivity contribution >= 4 is 35.1 Å². The molecule has 2 aromatic carbocycles. The average Bonchev–Trinajstić information content (AvgIpc) is 2.82. The van der Waals surface area contributed by atoms with Crippen LogP contribution in [0.25, 0.3) is 0 Å². The van der Waals surface area contributed by atoms with Crippen molar-refractivity contribution in [1.82, 2.24) is 20.3 Å². The van der Waals surface area contributed by atoms with Crippen LogP contribution in [0.1, 0.15) is 22.3 Å². The van der Waals surface area contributed by atoms with Gasteiger partial charge in [0, 0.05) is 30.8 Å². The van der Waals surface area contributed by atoms with Crippen molar-refractivity contribution in [2.24, 2.45) is 5.73 Å². The fourth-order valence-electron chi connectivity index (χ4n) is 3.15. The Balaban J connectivity index is 1.87. The standard InChI is InChI=1S/C22H25N7O4/c1-24-20(31)15-6-4-5-7-16(15)28-22-26-12-25-21(29-22)27-14-10-13(8-9-18(23)30)19(33-3)17(11-14)32-2/h4-7,10-12H,8-9H2,1-3H3,(H2,23,30)(H,24,31)(H2,25,26,27,28,29). The molecular weight excluding hydrogens is 426 g/mol. The number of nitrogens with one attached hydrogen (secondary N) is 3. The Hall–Kier alpha value is -4.41. The topological polar surface area (TPSA) is 153 Å². The first kappa shape index (κ1) is 23.3. The van der Waals surface area contributed by atoms with Crippen LogP contribution in [0.3, 0.4) is 0 Å². The largest absolute Gasteiger partial charge is 0.493 e. The van der Waals surface area contributed by atoms with E-state index in [-0.39, 0.29) is 24.2 Å². The van der Waals surface area contributed by atoms with Crippen LogP contribution >= 0.6 is 0 Å². The van der Waals surface area contributed by atoms with Crippen molar-refractivity contribution in [3.8, 4) is 11.5 Å². The number of methoxy groups -OCH3 is 2. The molecule has 0 aliphatic heterocycles. The lowest BCUT2D eigenvalue weighted by atomic mass is 10.1. The quantitative estimate of drug-likeness (QED) is 0.363. The first-order chi connectivity index (χ1) is 15.9. The monoisotopic (exact) mass is 451 g/mol. The number of rotatable bonds is 10. The number of amides is 2. The zero-order chi connectivity index (χ0) is 23.8. The minimum atomic E-state index is -0.417. The van der Waals surface area contributed by atoms with Gasteiger partial charge in [0.05, 0.1) is 25.5 Å². The van der Waals surface area contributed by atoms with E-state index in [1.54, 1.807) is 37.4 Å². The van der Waals surface area contributed by atoms with Gasteiger partial charge in [-0.25, -0.2) is 9.97 Å². The summed E-state index contributed by atoms with van der Waals surface area (Å²) in [6.07, 6.45) is 1.88. The number of hydrogen-bond acceptors (Lipinski definition) is 9. The number of primary amides is 1. The van der Waals surface area contributed by atoms with Crippen molar-refractivity contribution in [3.63, 3.8) is 0 Å². The van der Waals surface area contributed by atoms with Gasteiger partial charge in [-0.05, 0) is 24.6 Å². The third kappa shape index (κ3) is 5.85. The van der Waals surface area contributed by atoms with Gasteiger partial charge < -0.3 is 31.2 Å². The zero-order valence-corrected chi connectivity index (χ0v) is 18.5. The van der Waals surface area contributed by atoms with E-state index in [0.717, 1.165) is 5.56 Å². The molecular formula is C22H25N7O4.